The average Bonchev–Trinajstić information content (AvgIpc) is 2.99. The summed E-state index contributed by atoms with van der Waals surface area (Å²) in [7, 11) is 5.62. The van der Waals surface area contributed by atoms with Gasteiger partial charge in [-0.3, -0.25) is 0 Å². The molecule has 1 unspecified atom stereocenters. The Hall–Kier alpha value is -1.89. The van der Waals surface area contributed by atoms with Gasteiger partial charge in [0.1, 0.15) is 16.9 Å². The Balaban J connectivity index is 2.10. The average molecular weight is 331 g/mol. The quantitative estimate of drug-likeness (QED) is 0.844. The van der Waals surface area contributed by atoms with Crippen LogP contribution in [0.1, 0.15) is 22.2 Å². The summed E-state index contributed by atoms with van der Waals surface area (Å²) in [6.45, 7) is 5.27. The number of hydrogen-bond acceptors (Lipinski definition) is 6. The zero-order valence-electron chi connectivity index (χ0n) is 13.6. The van der Waals surface area contributed by atoms with Gasteiger partial charge < -0.3 is 20.1 Å². The summed E-state index contributed by atoms with van der Waals surface area (Å²) in [5, 5.41) is 14.2. The van der Waals surface area contributed by atoms with Crippen LogP contribution in [-0.2, 0) is 11.3 Å². The lowest BCUT2D eigenvalue weighted by atomic mass is 10.1. The highest BCUT2D eigenvalue weighted by molar-refractivity contribution is 7.15. The van der Waals surface area contributed by atoms with Crippen molar-refractivity contribution in [3.8, 4) is 10.6 Å². The molecular formula is C17H21N3O2S. The van der Waals surface area contributed by atoms with E-state index in [0.29, 0.717) is 18.8 Å². The standard InChI is InChI=1S/C17H21N3O2S/c1-10(22-4)13-7-11(20(2)3)5-6-12(13)17-19-14-8-18-9-15(21)16(14)23-17/h5-7,15,18,21H,1,8-9H2,2-4H3. The first-order chi connectivity index (χ1) is 11.0. The highest BCUT2D eigenvalue weighted by Crippen LogP contribution is 2.38. The number of aromatic nitrogens is 1. The molecule has 23 heavy (non-hydrogen) atoms. The first-order valence-corrected chi connectivity index (χ1v) is 8.26. The molecule has 1 aromatic heterocycles. The number of hydrogen-bond donors (Lipinski definition) is 2. The minimum Gasteiger partial charge on any atom is -0.497 e. The predicted octanol–water partition coefficient (Wildman–Crippen LogP) is 2.63. The number of nitrogens with zero attached hydrogens (tertiary/aromatic N) is 2. The van der Waals surface area contributed by atoms with Gasteiger partial charge in [0.15, 0.2) is 0 Å². The van der Waals surface area contributed by atoms with Crippen molar-refractivity contribution in [1.29, 1.82) is 0 Å². The Morgan fingerprint density at radius 2 is 2.26 bits per heavy atom. The Morgan fingerprint density at radius 3 is 2.91 bits per heavy atom. The first kappa shape index (κ1) is 16.0. The number of aliphatic hydroxyl groups excluding tert-OH is 1. The summed E-state index contributed by atoms with van der Waals surface area (Å²) in [6, 6.07) is 6.14. The van der Waals surface area contributed by atoms with E-state index >= 15 is 0 Å². The Labute approximate surface area is 140 Å². The van der Waals surface area contributed by atoms with Crippen molar-refractivity contribution < 1.29 is 9.84 Å². The molecule has 1 atom stereocenters. The van der Waals surface area contributed by atoms with E-state index in [1.165, 1.54) is 0 Å². The van der Waals surface area contributed by atoms with Gasteiger partial charge in [-0.15, -0.1) is 11.3 Å². The van der Waals surface area contributed by atoms with E-state index in [1.807, 2.05) is 25.1 Å². The van der Waals surface area contributed by atoms with E-state index in [1.54, 1.807) is 18.4 Å². The zero-order chi connectivity index (χ0) is 16.6. The number of thiazole rings is 1. The van der Waals surface area contributed by atoms with Crippen LogP contribution in [0.25, 0.3) is 16.3 Å². The second-order valence-corrected chi connectivity index (χ2v) is 6.76. The SMILES string of the molecule is C=C(OC)c1cc(N(C)C)ccc1-c1nc2c(s1)C(O)CNC2. The molecule has 0 radical (unpaired) electrons. The fourth-order valence-corrected chi connectivity index (χ4v) is 3.73. The number of ether oxygens (including phenoxy) is 1. The van der Waals surface area contributed by atoms with Crippen LogP contribution >= 0.6 is 11.3 Å². The van der Waals surface area contributed by atoms with Gasteiger partial charge in [-0.2, -0.15) is 0 Å². The van der Waals surface area contributed by atoms with E-state index in [0.717, 1.165) is 32.4 Å². The van der Waals surface area contributed by atoms with Gasteiger partial charge in [-0.1, -0.05) is 6.58 Å². The molecule has 0 amide bonds. The van der Waals surface area contributed by atoms with Gasteiger partial charge in [0.2, 0.25) is 0 Å². The summed E-state index contributed by atoms with van der Waals surface area (Å²) in [5.74, 6) is 0.607. The van der Waals surface area contributed by atoms with Gasteiger partial charge >= 0.3 is 0 Å². The van der Waals surface area contributed by atoms with Gasteiger partial charge in [-0.05, 0) is 18.2 Å². The van der Waals surface area contributed by atoms with Crippen LogP contribution < -0.4 is 10.2 Å². The summed E-state index contributed by atoms with van der Waals surface area (Å²) in [4.78, 5) is 7.70. The van der Waals surface area contributed by atoms with E-state index in [9.17, 15) is 5.11 Å². The van der Waals surface area contributed by atoms with Crippen LogP contribution in [0.2, 0.25) is 0 Å². The molecule has 3 rings (SSSR count). The Morgan fingerprint density at radius 1 is 1.48 bits per heavy atom. The minimum absolute atomic E-state index is 0.486. The number of benzene rings is 1. The monoisotopic (exact) mass is 331 g/mol. The number of nitrogens with one attached hydrogen (secondary N) is 1. The lowest BCUT2D eigenvalue weighted by Gasteiger charge is -2.16. The smallest absolute Gasteiger partial charge is 0.124 e. The van der Waals surface area contributed by atoms with Crippen LogP contribution in [0.15, 0.2) is 24.8 Å². The van der Waals surface area contributed by atoms with Crippen molar-refractivity contribution >= 4 is 22.8 Å². The van der Waals surface area contributed by atoms with Gasteiger partial charge in [0.05, 0.1) is 17.7 Å². The maximum Gasteiger partial charge on any atom is 0.124 e. The first-order valence-electron chi connectivity index (χ1n) is 7.44. The molecule has 2 N–H and O–H groups in total. The Bertz CT molecular complexity index is 739. The van der Waals surface area contributed by atoms with E-state index < -0.39 is 6.10 Å². The lowest BCUT2D eigenvalue weighted by Crippen LogP contribution is -2.26. The molecule has 2 heterocycles. The molecule has 0 saturated carbocycles. The summed E-state index contributed by atoms with van der Waals surface area (Å²) >= 11 is 1.54. The number of fused-ring (bicyclic) bond motifs is 1. The van der Waals surface area contributed by atoms with E-state index in [2.05, 4.69) is 24.0 Å². The summed E-state index contributed by atoms with van der Waals surface area (Å²) in [6.07, 6.45) is -0.486. The zero-order valence-corrected chi connectivity index (χ0v) is 14.4. The maximum absolute atomic E-state index is 10.1. The van der Waals surface area contributed by atoms with Crippen LogP contribution in [0, 0.1) is 0 Å². The third-order valence-electron chi connectivity index (χ3n) is 3.96. The number of methoxy groups -OCH3 is 1. The fraction of sp³-hybridized carbons (Fsp3) is 0.353. The van der Waals surface area contributed by atoms with Crippen LogP contribution in [-0.4, -0.2) is 37.8 Å². The second-order valence-electron chi connectivity index (χ2n) is 5.73. The van der Waals surface area contributed by atoms with Crippen molar-refractivity contribution in [1.82, 2.24) is 10.3 Å². The van der Waals surface area contributed by atoms with E-state index in [4.69, 9.17) is 9.72 Å². The van der Waals surface area contributed by atoms with Gasteiger partial charge in [-0.25, -0.2) is 4.98 Å². The normalized spacial score (nSPS) is 16.8. The fourth-order valence-electron chi connectivity index (χ4n) is 2.62. The third kappa shape index (κ3) is 2.97. The largest absolute Gasteiger partial charge is 0.497 e. The predicted molar refractivity (Wildman–Crippen MR) is 94.6 cm³/mol. The maximum atomic E-state index is 10.1. The molecule has 0 fully saturated rings. The molecule has 6 heteroatoms. The third-order valence-corrected chi connectivity index (χ3v) is 5.19. The highest BCUT2D eigenvalue weighted by Gasteiger charge is 2.24. The molecule has 2 aromatic rings. The highest BCUT2D eigenvalue weighted by atomic mass is 32.1. The van der Waals surface area contributed by atoms with Crippen molar-refractivity contribution in [2.24, 2.45) is 0 Å². The lowest BCUT2D eigenvalue weighted by molar-refractivity contribution is 0.168. The Kier molecular flexibility index (Phi) is 4.39. The molecule has 1 aliphatic heterocycles. The van der Waals surface area contributed by atoms with Crippen molar-refractivity contribution in [2.75, 3.05) is 32.6 Å². The van der Waals surface area contributed by atoms with Crippen molar-refractivity contribution in [2.45, 2.75) is 12.6 Å². The molecular weight excluding hydrogens is 310 g/mol. The van der Waals surface area contributed by atoms with Crippen LogP contribution in [0.5, 0.6) is 0 Å². The van der Waals surface area contributed by atoms with Crippen LogP contribution in [0.4, 0.5) is 5.69 Å². The van der Waals surface area contributed by atoms with E-state index in [-0.39, 0.29) is 0 Å². The van der Waals surface area contributed by atoms with Crippen LogP contribution in [0.3, 0.4) is 0 Å². The minimum atomic E-state index is -0.486. The molecule has 0 saturated heterocycles. The molecule has 5 nitrogen and oxygen atoms in total. The topological polar surface area (TPSA) is 57.6 Å². The molecule has 0 aliphatic carbocycles. The summed E-state index contributed by atoms with van der Waals surface area (Å²) in [5.41, 5.74) is 3.90. The number of rotatable bonds is 4. The second kappa shape index (κ2) is 6.31. The van der Waals surface area contributed by atoms with Gasteiger partial charge in [0.25, 0.3) is 0 Å². The number of aliphatic hydroxyl groups is 1. The molecule has 0 bridgehead atoms. The van der Waals surface area contributed by atoms with Gasteiger partial charge in [0, 0.05) is 44.0 Å². The molecule has 0 spiro atoms. The molecule has 1 aliphatic rings. The van der Waals surface area contributed by atoms with Crippen molar-refractivity contribution in [3.63, 3.8) is 0 Å². The molecule has 122 valence electrons. The van der Waals surface area contributed by atoms with Crippen molar-refractivity contribution in [3.05, 3.63) is 40.9 Å². The molecule has 1 aromatic carbocycles. The number of anilines is 1. The number of β-amino-alcohol motifs (C(OH)–C–C–N with tert-alkyl or cyclic N) is 1. The summed E-state index contributed by atoms with van der Waals surface area (Å²) < 4.78 is 5.36.